The van der Waals surface area contributed by atoms with Crippen LogP contribution in [0, 0.1) is 30.3 Å². The molecule has 1 aromatic heterocycles. The molecule has 0 saturated carbocycles. The SMILES string of the molecule is O=S(=O)(O)O.O=[N+]([O-])c1ccc(N/N=C/c2ccc([N+](=O)[O-])o2)c([N+](=O)[O-])c1. The molecule has 0 radical (unpaired) electrons. The fourth-order valence-corrected chi connectivity index (χ4v) is 1.55. The first kappa shape index (κ1) is 22.1. The second-order valence-electron chi connectivity index (χ2n) is 4.47. The van der Waals surface area contributed by atoms with E-state index in [1.807, 2.05) is 0 Å². The van der Waals surface area contributed by atoms with E-state index < -0.39 is 42.4 Å². The normalized spacial score (nSPS) is 10.8. The molecule has 0 aliphatic rings. The van der Waals surface area contributed by atoms with Crippen molar-refractivity contribution in [3.05, 3.63) is 66.4 Å². The van der Waals surface area contributed by atoms with Crippen molar-refractivity contribution in [2.75, 3.05) is 5.43 Å². The highest BCUT2D eigenvalue weighted by Crippen LogP contribution is 2.28. The van der Waals surface area contributed by atoms with Crippen LogP contribution in [0.2, 0.25) is 0 Å². The third-order valence-electron chi connectivity index (χ3n) is 2.56. The molecule has 1 heterocycles. The average Bonchev–Trinajstić information content (AvgIpc) is 3.02. The molecule has 2 rings (SSSR count). The lowest BCUT2D eigenvalue weighted by Gasteiger charge is -2.01. The molecule has 0 aliphatic heterocycles. The van der Waals surface area contributed by atoms with Gasteiger partial charge < -0.3 is 4.42 Å². The van der Waals surface area contributed by atoms with E-state index in [0.717, 1.165) is 30.5 Å². The highest BCUT2D eigenvalue weighted by atomic mass is 32.3. The van der Waals surface area contributed by atoms with Gasteiger partial charge in [0.25, 0.3) is 5.69 Å². The Kier molecular flexibility index (Phi) is 7.19. The number of hydrogen-bond donors (Lipinski definition) is 3. The predicted molar refractivity (Wildman–Crippen MR) is 90.5 cm³/mol. The summed E-state index contributed by atoms with van der Waals surface area (Å²) in [5.74, 6) is -0.429. The monoisotopic (exact) mass is 419 g/mol. The Morgan fingerprint density at radius 2 is 1.61 bits per heavy atom. The number of nitrogens with zero attached hydrogens (tertiary/aromatic N) is 4. The first-order valence-corrected chi connectivity index (χ1v) is 7.94. The van der Waals surface area contributed by atoms with Gasteiger partial charge in [0.2, 0.25) is 0 Å². The number of nitro benzene ring substituents is 2. The molecule has 16 nitrogen and oxygen atoms in total. The van der Waals surface area contributed by atoms with Crippen molar-refractivity contribution in [1.82, 2.24) is 0 Å². The molecule has 0 bridgehead atoms. The summed E-state index contributed by atoms with van der Waals surface area (Å²) < 4.78 is 36.4. The predicted octanol–water partition coefficient (Wildman–Crippen LogP) is 1.80. The van der Waals surface area contributed by atoms with E-state index in [4.69, 9.17) is 21.9 Å². The van der Waals surface area contributed by atoms with Gasteiger partial charge in [-0.15, -0.1) is 0 Å². The minimum absolute atomic E-state index is 0.0498. The lowest BCUT2D eigenvalue weighted by molar-refractivity contribution is -0.402. The van der Waals surface area contributed by atoms with Crippen molar-refractivity contribution in [1.29, 1.82) is 0 Å². The molecule has 0 unspecified atom stereocenters. The average molecular weight is 419 g/mol. The van der Waals surface area contributed by atoms with Gasteiger partial charge in [-0.05, 0) is 12.1 Å². The van der Waals surface area contributed by atoms with Crippen molar-refractivity contribution in [2.45, 2.75) is 0 Å². The van der Waals surface area contributed by atoms with Gasteiger partial charge in [-0.1, -0.05) is 0 Å². The van der Waals surface area contributed by atoms with Crippen LogP contribution in [0.15, 0.2) is 39.9 Å². The Morgan fingerprint density at radius 3 is 2.07 bits per heavy atom. The zero-order valence-electron chi connectivity index (χ0n) is 13.2. The molecule has 17 heteroatoms. The second-order valence-corrected chi connectivity index (χ2v) is 5.36. The molecule has 0 amide bonds. The Hall–Kier alpha value is -3.96. The van der Waals surface area contributed by atoms with Crippen molar-refractivity contribution in [3.63, 3.8) is 0 Å². The number of nitro groups is 3. The van der Waals surface area contributed by atoms with Gasteiger partial charge in [-0.2, -0.15) is 13.5 Å². The molecule has 150 valence electrons. The van der Waals surface area contributed by atoms with E-state index in [1.165, 1.54) is 6.07 Å². The molecule has 3 N–H and O–H groups in total. The molecule has 2 aromatic rings. The second kappa shape index (κ2) is 9.12. The largest absolute Gasteiger partial charge is 0.433 e. The van der Waals surface area contributed by atoms with E-state index in [1.54, 1.807) is 0 Å². The smallest absolute Gasteiger partial charge is 0.400 e. The zero-order valence-corrected chi connectivity index (χ0v) is 14.0. The Bertz CT molecular complexity index is 1020. The summed E-state index contributed by atoms with van der Waals surface area (Å²) in [7, 11) is -4.67. The van der Waals surface area contributed by atoms with Gasteiger partial charge in [0.05, 0.1) is 28.2 Å². The van der Waals surface area contributed by atoms with Gasteiger partial charge in [-0.3, -0.25) is 44.9 Å². The highest BCUT2D eigenvalue weighted by Gasteiger charge is 2.19. The molecule has 0 aliphatic carbocycles. The molecule has 0 saturated heterocycles. The maximum atomic E-state index is 10.9. The number of hydrazone groups is 1. The van der Waals surface area contributed by atoms with Crippen LogP contribution < -0.4 is 5.43 Å². The molecule has 1 aromatic carbocycles. The Labute approximate surface area is 154 Å². The lowest BCUT2D eigenvalue weighted by Crippen LogP contribution is -1.98. The van der Waals surface area contributed by atoms with Crippen molar-refractivity contribution >= 4 is 39.6 Å². The van der Waals surface area contributed by atoms with Crippen molar-refractivity contribution < 1.29 is 36.7 Å². The number of non-ortho nitro benzene ring substituents is 1. The molecular weight excluding hydrogens is 410 g/mol. The zero-order chi connectivity index (χ0) is 21.5. The van der Waals surface area contributed by atoms with Gasteiger partial charge in [0.1, 0.15) is 10.6 Å². The quantitative estimate of drug-likeness (QED) is 0.262. The van der Waals surface area contributed by atoms with Crippen LogP contribution in [0.1, 0.15) is 5.76 Å². The number of nitrogens with one attached hydrogen (secondary N) is 1. The van der Waals surface area contributed by atoms with E-state index in [-0.39, 0.29) is 11.4 Å². The number of benzene rings is 1. The van der Waals surface area contributed by atoms with Gasteiger partial charge in [-0.25, -0.2) is 0 Å². The van der Waals surface area contributed by atoms with Gasteiger partial charge in [0.15, 0.2) is 5.76 Å². The van der Waals surface area contributed by atoms with E-state index >= 15 is 0 Å². The van der Waals surface area contributed by atoms with Crippen LogP contribution >= 0.6 is 0 Å². The summed E-state index contributed by atoms with van der Waals surface area (Å²) >= 11 is 0. The summed E-state index contributed by atoms with van der Waals surface area (Å²) in [4.78, 5) is 29.7. The molecule has 0 spiro atoms. The van der Waals surface area contributed by atoms with Crippen LogP contribution in [-0.4, -0.2) is 38.5 Å². The first-order valence-electron chi connectivity index (χ1n) is 6.54. The van der Waals surface area contributed by atoms with Crippen LogP contribution in [0.4, 0.5) is 22.9 Å². The maximum absolute atomic E-state index is 10.9. The fourth-order valence-electron chi connectivity index (χ4n) is 1.55. The Balaban J connectivity index is 0.000000696. The molecule has 28 heavy (non-hydrogen) atoms. The lowest BCUT2D eigenvalue weighted by atomic mass is 10.2. The molecule has 0 fully saturated rings. The minimum Gasteiger partial charge on any atom is -0.400 e. The van der Waals surface area contributed by atoms with Crippen LogP contribution in [0.3, 0.4) is 0 Å². The fraction of sp³-hybridized carbons (Fsp3) is 0. The summed E-state index contributed by atoms with van der Waals surface area (Å²) in [6.07, 6.45) is 1.07. The van der Waals surface area contributed by atoms with Crippen molar-refractivity contribution in [3.8, 4) is 0 Å². The summed E-state index contributed by atoms with van der Waals surface area (Å²) in [6.45, 7) is 0. The van der Waals surface area contributed by atoms with E-state index in [2.05, 4.69) is 10.5 Å². The number of rotatable bonds is 6. The van der Waals surface area contributed by atoms with Gasteiger partial charge in [0, 0.05) is 6.07 Å². The summed E-state index contributed by atoms with van der Waals surface area (Å²) in [6, 6.07) is 5.39. The summed E-state index contributed by atoms with van der Waals surface area (Å²) in [5, 5.41) is 35.6. The number of hydrogen-bond acceptors (Lipinski definition) is 11. The minimum atomic E-state index is -4.67. The van der Waals surface area contributed by atoms with E-state index in [0.29, 0.717) is 0 Å². The van der Waals surface area contributed by atoms with Crippen molar-refractivity contribution in [2.24, 2.45) is 5.10 Å². The summed E-state index contributed by atoms with van der Waals surface area (Å²) in [5.41, 5.74) is 1.26. The maximum Gasteiger partial charge on any atom is 0.433 e. The Morgan fingerprint density at radius 1 is 1.00 bits per heavy atom. The van der Waals surface area contributed by atoms with Crippen LogP contribution in [-0.2, 0) is 10.4 Å². The molecular formula is C11H9N5O11S. The molecule has 0 atom stereocenters. The highest BCUT2D eigenvalue weighted by molar-refractivity contribution is 7.79. The topological polar surface area (TPSA) is 242 Å². The van der Waals surface area contributed by atoms with E-state index in [9.17, 15) is 30.3 Å². The van der Waals surface area contributed by atoms with Crippen LogP contribution in [0.25, 0.3) is 0 Å². The van der Waals surface area contributed by atoms with Crippen LogP contribution in [0.5, 0.6) is 0 Å². The third kappa shape index (κ3) is 7.51. The first-order chi connectivity index (χ1) is 12.9. The number of furan rings is 1. The van der Waals surface area contributed by atoms with Gasteiger partial charge >= 0.3 is 22.0 Å². The standard InChI is InChI=1S/C11H7N5O7.H2O4S/c17-14(18)7-1-3-9(10(5-7)15(19)20)13-12-6-8-2-4-11(23-8)16(21)22;1-5(2,3)4/h1-6,13H;(H2,1,2,3,4)/b12-6+;. The third-order valence-corrected chi connectivity index (χ3v) is 2.56. The number of anilines is 1.